The molecule has 3 nitrogen and oxygen atoms in total. The minimum atomic E-state index is 0.267. The summed E-state index contributed by atoms with van der Waals surface area (Å²) in [5.74, 6) is 0.730. The van der Waals surface area contributed by atoms with Gasteiger partial charge in [0.2, 0.25) is 5.91 Å². The third kappa shape index (κ3) is 3.35. The fourth-order valence-electron chi connectivity index (χ4n) is 1.44. The summed E-state index contributed by atoms with van der Waals surface area (Å²) < 4.78 is 0. The molecule has 1 aliphatic heterocycles. The fraction of sp³-hybridized carbons (Fsp3) is 0.900. The summed E-state index contributed by atoms with van der Waals surface area (Å²) in [6.45, 7) is 6.13. The largest absolute Gasteiger partial charge is 0.344 e. The lowest BCUT2D eigenvalue weighted by Gasteiger charge is -2.31. The van der Waals surface area contributed by atoms with Gasteiger partial charge in [-0.2, -0.15) is 0 Å². The first-order valence-electron chi connectivity index (χ1n) is 5.07. The van der Waals surface area contributed by atoms with Gasteiger partial charge in [0.15, 0.2) is 0 Å². The molecule has 1 unspecified atom stereocenters. The van der Waals surface area contributed by atoms with E-state index in [-0.39, 0.29) is 5.91 Å². The van der Waals surface area contributed by atoms with Crippen molar-refractivity contribution in [3.8, 4) is 0 Å². The molecule has 76 valence electrons. The van der Waals surface area contributed by atoms with Gasteiger partial charge in [0.05, 0.1) is 0 Å². The highest BCUT2D eigenvalue weighted by atomic mass is 16.2. The van der Waals surface area contributed by atoms with E-state index in [1.165, 1.54) is 6.42 Å². The Morgan fingerprint density at radius 2 is 2.23 bits per heavy atom. The number of hydrogen-bond acceptors (Lipinski definition) is 2. The number of hydrogen-bond donors (Lipinski definition) is 1. The molecule has 0 aromatic heterocycles. The van der Waals surface area contributed by atoms with Crippen LogP contribution in [-0.4, -0.2) is 37.0 Å². The highest BCUT2D eigenvalue weighted by Gasteiger charge is 2.20. The maximum Gasteiger partial charge on any atom is 0.222 e. The molecule has 0 spiro atoms. The van der Waals surface area contributed by atoms with E-state index in [2.05, 4.69) is 19.2 Å². The van der Waals surface area contributed by atoms with Crippen LogP contribution in [0.4, 0.5) is 0 Å². The van der Waals surface area contributed by atoms with Crippen LogP contribution in [0.2, 0.25) is 0 Å². The van der Waals surface area contributed by atoms with Crippen molar-refractivity contribution >= 4 is 5.91 Å². The molecule has 1 aliphatic rings. The van der Waals surface area contributed by atoms with Crippen molar-refractivity contribution in [2.45, 2.75) is 32.7 Å². The summed E-state index contributed by atoms with van der Waals surface area (Å²) in [7, 11) is 1.89. The topological polar surface area (TPSA) is 32.3 Å². The van der Waals surface area contributed by atoms with Gasteiger partial charge in [-0.05, 0) is 18.9 Å². The number of likely N-dealkylation sites (N-methyl/N-ethyl adjacent to an activating group) is 1. The van der Waals surface area contributed by atoms with Crippen LogP contribution in [0.15, 0.2) is 0 Å². The van der Waals surface area contributed by atoms with Crippen molar-refractivity contribution in [1.29, 1.82) is 0 Å². The summed E-state index contributed by atoms with van der Waals surface area (Å²) in [4.78, 5) is 13.4. The van der Waals surface area contributed by atoms with Crippen molar-refractivity contribution < 1.29 is 4.79 Å². The van der Waals surface area contributed by atoms with Crippen LogP contribution in [-0.2, 0) is 4.79 Å². The molecule has 1 saturated heterocycles. The normalized spacial score (nSPS) is 21.4. The lowest BCUT2D eigenvalue weighted by molar-refractivity contribution is -0.131. The first-order valence-corrected chi connectivity index (χ1v) is 5.07. The van der Waals surface area contributed by atoms with E-state index >= 15 is 0 Å². The maximum absolute atomic E-state index is 11.5. The lowest BCUT2D eigenvalue weighted by atomic mass is 10.1. The molecule has 1 fully saturated rings. The molecule has 1 rings (SSSR count). The van der Waals surface area contributed by atoms with Gasteiger partial charge < -0.3 is 10.2 Å². The molecule has 1 atom stereocenters. The van der Waals surface area contributed by atoms with Gasteiger partial charge in [-0.15, -0.1) is 0 Å². The molecule has 1 amide bonds. The Bertz CT molecular complexity index is 176. The number of carbonyl (C=O) groups excluding carboxylic acids is 1. The Kier molecular flexibility index (Phi) is 3.72. The molecular weight excluding hydrogens is 164 g/mol. The average Bonchev–Trinajstić information content (AvgIpc) is 1.94. The van der Waals surface area contributed by atoms with Crippen LogP contribution in [0, 0.1) is 5.92 Å². The van der Waals surface area contributed by atoms with Crippen molar-refractivity contribution in [2.75, 3.05) is 20.1 Å². The summed E-state index contributed by atoms with van der Waals surface area (Å²) in [6, 6.07) is 0.543. The summed E-state index contributed by atoms with van der Waals surface area (Å²) in [6.07, 6.45) is 1.88. The third-order valence-corrected chi connectivity index (χ3v) is 2.43. The molecule has 0 aromatic rings. The van der Waals surface area contributed by atoms with E-state index in [9.17, 15) is 4.79 Å². The molecular formula is C10H20N2O. The smallest absolute Gasteiger partial charge is 0.222 e. The van der Waals surface area contributed by atoms with Gasteiger partial charge in [-0.3, -0.25) is 4.79 Å². The van der Waals surface area contributed by atoms with Gasteiger partial charge >= 0.3 is 0 Å². The second-order valence-electron chi connectivity index (χ2n) is 4.31. The second-order valence-corrected chi connectivity index (χ2v) is 4.31. The second kappa shape index (κ2) is 4.61. The summed E-state index contributed by atoms with van der Waals surface area (Å²) in [5.41, 5.74) is 0. The molecule has 0 saturated carbocycles. The van der Waals surface area contributed by atoms with E-state index in [1.807, 2.05) is 11.9 Å². The summed E-state index contributed by atoms with van der Waals surface area (Å²) >= 11 is 0. The fourth-order valence-corrected chi connectivity index (χ4v) is 1.44. The molecule has 0 bridgehead atoms. The predicted molar refractivity (Wildman–Crippen MR) is 53.5 cm³/mol. The maximum atomic E-state index is 11.5. The van der Waals surface area contributed by atoms with E-state index in [1.54, 1.807) is 0 Å². The monoisotopic (exact) mass is 184 g/mol. The SMILES string of the molecule is CC(C)CC(=O)N(C)CC1CCN1. The van der Waals surface area contributed by atoms with E-state index in [4.69, 9.17) is 0 Å². The van der Waals surface area contributed by atoms with Crippen molar-refractivity contribution in [1.82, 2.24) is 10.2 Å². The Balaban J connectivity index is 2.20. The Morgan fingerprint density at radius 3 is 2.62 bits per heavy atom. The molecule has 0 aromatic carbocycles. The minimum Gasteiger partial charge on any atom is -0.344 e. The standard InChI is InChI=1S/C10H20N2O/c1-8(2)6-10(13)12(3)7-9-4-5-11-9/h8-9,11H,4-7H2,1-3H3. The third-order valence-electron chi connectivity index (χ3n) is 2.43. The van der Waals surface area contributed by atoms with Crippen molar-refractivity contribution in [3.63, 3.8) is 0 Å². The molecule has 13 heavy (non-hydrogen) atoms. The molecule has 1 heterocycles. The van der Waals surface area contributed by atoms with Crippen LogP contribution in [0.25, 0.3) is 0 Å². The lowest BCUT2D eigenvalue weighted by Crippen LogP contribution is -2.50. The van der Waals surface area contributed by atoms with Gasteiger partial charge in [-0.25, -0.2) is 0 Å². The number of rotatable bonds is 4. The number of amides is 1. The molecule has 0 radical (unpaired) electrons. The van der Waals surface area contributed by atoms with Crippen LogP contribution in [0.1, 0.15) is 26.7 Å². The summed E-state index contributed by atoms with van der Waals surface area (Å²) in [5, 5.41) is 3.29. The number of carbonyl (C=O) groups is 1. The highest BCUT2D eigenvalue weighted by molar-refractivity contribution is 5.76. The van der Waals surface area contributed by atoms with Crippen LogP contribution < -0.4 is 5.32 Å². The van der Waals surface area contributed by atoms with Crippen LogP contribution in [0.3, 0.4) is 0 Å². The van der Waals surface area contributed by atoms with Gasteiger partial charge in [0.1, 0.15) is 0 Å². The van der Waals surface area contributed by atoms with Gasteiger partial charge in [0.25, 0.3) is 0 Å². The Hall–Kier alpha value is -0.570. The molecule has 0 aliphatic carbocycles. The van der Waals surface area contributed by atoms with Crippen molar-refractivity contribution in [3.05, 3.63) is 0 Å². The van der Waals surface area contributed by atoms with E-state index < -0.39 is 0 Å². The first kappa shape index (κ1) is 10.5. The molecule has 3 heteroatoms. The highest BCUT2D eigenvalue weighted by Crippen LogP contribution is 2.07. The first-order chi connectivity index (χ1) is 6.09. The number of nitrogens with one attached hydrogen (secondary N) is 1. The zero-order valence-electron chi connectivity index (χ0n) is 8.84. The molecule has 1 N–H and O–H groups in total. The Morgan fingerprint density at radius 1 is 1.62 bits per heavy atom. The van der Waals surface area contributed by atoms with Gasteiger partial charge in [-0.1, -0.05) is 13.8 Å². The van der Waals surface area contributed by atoms with Crippen LogP contribution in [0.5, 0.6) is 0 Å². The van der Waals surface area contributed by atoms with Crippen molar-refractivity contribution in [2.24, 2.45) is 5.92 Å². The quantitative estimate of drug-likeness (QED) is 0.702. The zero-order valence-corrected chi connectivity index (χ0v) is 8.84. The number of nitrogens with zero attached hydrogens (tertiary/aromatic N) is 1. The minimum absolute atomic E-state index is 0.267. The Labute approximate surface area is 80.5 Å². The zero-order chi connectivity index (χ0) is 9.84. The average molecular weight is 184 g/mol. The van der Waals surface area contributed by atoms with Gasteiger partial charge in [0, 0.05) is 26.1 Å². The van der Waals surface area contributed by atoms with Crippen LogP contribution >= 0.6 is 0 Å². The van der Waals surface area contributed by atoms with E-state index in [0.717, 1.165) is 13.1 Å². The van der Waals surface area contributed by atoms with E-state index in [0.29, 0.717) is 18.4 Å². The predicted octanol–water partition coefficient (Wildman–Crippen LogP) is 0.853.